The lowest BCUT2D eigenvalue weighted by Crippen LogP contribution is -2.31. The highest BCUT2D eigenvalue weighted by Gasteiger charge is 2.58. The fraction of sp³-hybridized carbons (Fsp3) is 1.00. The molecular formula is C15H26O. The van der Waals surface area contributed by atoms with Gasteiger partial charge in [0.1, 0.15) is 0 Å². The van der Waals surface area contributed by atoms with Crippen LogP contribution in [0.4, 0.5) is 0 Å². The Balaban J connectivity index is 1.80. The second-order valence-electron chi connectivity index (χ2n) is 6.75. The molecule has 92 valence electrons. The first kappa shape index (κ1) is 11.1. The van der Waals surface area contributed by atoms with Crippen LogP contribution >= 0.6 is 0 Å². The third-order valence-electron chi connectivity index (χ3n) is 6.04. The number of hydrogen-bond acceptors (Lipinski definition) is 1. The Bertz CT molecular complexity index is 262. The maximum Gasteiger partial charge on any atom is 0.0462 e. The van der Waals surface area contributed by atoms with E-state index < -0.39 is 0 Å². The molecule has 1 heteroatoms. The van der Waals surface area contributed by atoms with Gasteiger partial charge < -0.3 is 5.11 Å². The normalized spacial score (nSPS) is 54.6. The minimum atomic E-state index is 0.456. The minimum Gasteiger partial charge on any atom is -0.396 e. The van der Waals surface area contributed by atoms with Crippen molar-refractivity contribution in [2.45, 2.75) is 46.0 Å². The third-order valence-corrected chi connectivity index (χ3v) is 6.04. The number of rotatable bonds is 3. The molecule has 3 rings (SSSR count). The molecule has 0 aromatic rings. The van der Waals surface area contributed by atoms with Gasteiger partial charge in [-0.15, -0.1) is 0 Å². The van der Waals surface area contributed by atoms with Gasteiger partial charge in [0.2, 0.25) is 0 Å². The molecule has 0 spiro atoms. The van der Waals surface area contributed by atoms with Crippen LogP contribution in [0.3, 0.4) is 0 Å². The molecule has 0 aromatic carbocycles. The predicted octanol–water partition coefficient (Wildman–Crippen LogP) is 3.32. The Hall–Kier alpha value is -0.0400. The first-order valence-corrected chi connectivity index (χ1v) is 7.37. The summed E-state index contributed by atoms with van der Waals surface area (Å²) in [6.07, 6.45) is 7.06. The quantitative estimate of drug-likeness (QED) is 0.776. The maximum atomic E-state index is 9.49. The summed E-state index contributed by atoms with van der Waals surface area (Å²) in [6.45, 7) is 5.27. The smallest absolute Gasteiger partial charge is 0.0462 e. The van der Waals surface area contributed by atoms with E-state index in [-0.39, 0.29) is 0 Å². The number of aliphatic hydroxyl groups excluding tert-OH is 1. The van der Waals surface area contributed by atoms with Crippen molar-refractivity contribution >= 4 is 0 Å². The van der Waals surface area contributed by atoms with Crippen LogP contribution in [0.25, 0.3) is 0 Å². The summed E-state index contributed by atoms with van der Waals surface area (Å²) in [5.74, 6) is 6.52. The molecule has 7 unspecified atom stereocenters. The van der Waals surface area contributed by atoms with E-state index in [1.165, 1.54) is 32.1 Å². The summed E-state index contributed by atoms with van der Waals surface area (Å²) in [7, 11) is 0. The Morgan fingerprint density at radius 2 is 1.88 bits per heavy atom. The van der Waals surface area contributed by atoms with Crippen molar-refractivity contribution in [1.82, 2.24) is 0 Å². The van der Waals surface area contributed by atoms with Crippen LogP contribution in [0.15, 0.2) is 0 Å². The second-order valence-corrected chi connectivity index (χ2v) is 6.75. The Morgan fingerprint density at radius 1 is 1.06 bits per heavy atom. The average Bonchev–Trinajstić information content (AvgIpc) is 2.91. The minimum absolute atomic E-state index is 0.456. The van der Waals surface area contributed by atoms with E-state index in [1.54, 1.807) is 0 Å². The van der Waals surface area contributed by atoms with E-state index in [9.17, 15) is 5.11 Å². The predicted molar refractivity (Wildman–Crippen MR) is 65.9 cm³/mol. The van der Waals surface area contributed by atoms with Crippen molar-refractivity contribution in [2.24, 2.45) is 41.4 Å². The largest absolute Gasteiger partial charge is 0.396 e. The highest BCUT2D eigenvalue weighted by atomic mass is 16.3. The van der Waals surface area contributed by atoms with Gasteiger partial charge in [-0.3, -0.25) is 0 Å². The van der Waals surface area contributed by atoms with Gasteiger partial charge in [-0.1, -0.05) is 26.7 Å². The molecule has 7 atom stereocenters. The van der Waals surface area contributed by atoms with Crippen molar-refractivity contribution in [3.8, 4) is 0 Å². The summed E-state index contributed by atoms with van der Waals surface area (Å²) in [5.41, 5.74) is 0. The molecular weight excluding hydrogens is 196 g/mol. The SMILES string of the molecule is CCCC1CC(C)C2C3CC(CO)C(C3)C12. The molecule has 3 aliphatic rings. The van der Waals surface area contributed by atoms with Gasteiger partial charge in [-0.25, -0.2) is 0 Å². The molecule has 0 saturated heterocycles. The molecule has 0 amide bonds. The number of aliphatic hydroxyl groups is 1. The summed E-state index contributed by atoms with van der Waals surface area (Å²) >= 11 is 0. The molecule has 0 aromatic heterocycles. The van der Waals surface area contributed by atoms with Crippen LogP contribution in [-0.2, 0) is 0 Å². The lowest BCUT2D eigenvalue weighted by Gasteiger charge is -2.34. The Labute approximate surface area is 99.6 Å². The summed E-state index contributed by atoms with van der Waals surface area (Å²) in [5, 5.41) is 9.49. The van der Waals surface area contributed by atoms with E-state index in [0.29, 0.717) is 12.5 Å². The molecule has 3 saturated carbocycles. The van der Waals surface area contributed by atoms with Gasteiger partial charge in [-0.2, -0.15) is 0 Å². The molecule has 1 nitrogen and oxygen atoms in total. The van der Waals surface area contributed by atoms with Crippen LogP contribution in [0.5, 0.6) is 0 Å². The summed E-state index contributed by atoms with van der Waals surface area (Å²) in [6, 6.07) is 0. The summed E-state index contributed by atoms with van der Waals surface area (Å²) < 4.78 is 0. The van der Waals surface area contributed by atoms with E-state index in [1.807, 2.05) is 0 Å². The molecule has 0 aliphatic heterocycles. The van der Waals surface area contributed by atoms with Crippen LogP contribution in [0.2, 0.25) is 0 Å². The first-order valence-electron chi connectivity index (χ1n) is 7.37. The van der Waals surface area contributed by atoms with Gasteiger partial charge in [0.15, 0.2) is 0 Å². The van der Waals surface area contributed by atoms with E-state index >= 15 is 0 Å². The maximum absolute atomic E-state index is 9.49. The highest BCUT2D eigenvalue weighted by Crippen LogP contribution is 2.64. The number of fused-ring (bicyclic) bond motifs is 5. The van der Waals surface area contributed by atoms with Gasteiger partial charge in [0.25, 0.3) is 0 Å². The Morgan fingerprint density at radius 3 is 2.56 bits per heavy atom. The van der Waals surface area contributed by atoms with Crippen LogP contribution in [-0.4, -0.2) is 11.7 Å². The first-order chi connectivity index (χ1) is 7.76. The molecule has 3 aliphatic carbocycles. The van der Waals surface area contributed by atoms with Gasteiger partial charge >= 0.3 is 0 Å². The molecule has 0 radical (unpaired) electrons. The van der Waals surface area contributed by atoms with Gasteiger partial charge in [0.05, 0.1) is 0 Å². The van der Waals surface area contributed by atoms with Crippen LogP contribution < -0.4 is 0 Å². The summed E-state index contributed by atoms with van der Waals surface area (Å²) in [4.78, 5) is 0. The van der Waals surface area contributed by atoms with Crippen LogP contribution in [0, 0.1) is 41.4 Å². The van der Waals surface area contributed by atoms with E-state index in [0.717, 1.165) is 35.5 Å². The fourth-order valence-electron chi connectivity index (χ4n) is 5.78. The molecule has 1 N–H and O–H groups in total. The van der Waals surface area contributed by atoms with Crippen molar-refractivity contribution in [3.05, 3.63) is 0 Å². The molecule has 3 fully saturated rings. The zero-order valence-corrected chi connectivity index (χ0v) is 10.7. The molecule has 0 heterocycles. The lowest BCUT2D eigenvalue weighted by atomic mass is 9.71. The average molecular weight is 222 g/mol. The zero-order valence-electron chi connectivity index (χ0n) is 10.7. The monoisotopic (exact) mass is 222 g/mol. The van der Waals surface area contributed by atoms with E-state index in [4.69, 9.17) is 0 Å². The van der Waals surface area contributed by atoms with E-state index in [2.05, 4.69) is 13.8 Å². The standard InChI is InChI=1S/C15H26O/c1-3-4-10-5-9(2)14-11-6-12(8-16)13(7-11)15(10)14/h9-16H,3-8H2,1-2H3. The molecule has 16 heavy (non-hydrogen) atoms. The Kier molecular flexibility index (Phi) is 2.78. The lowest BCUT2D eigenvalue weighted by molar-refractivity contribution is 0.0911. The third kappa shape index (κ3) is 1.40. The van der Waals surface area contributed by atoms with Crippen molar-refractivity contribution in [2.75, 3.05) is 6.61 Å². The van der Waals surface area contributed by atoms with Crippen molar-refractivity contribution < 1.29 is 5.11 Å². The fourth-order valence-corrected chi connectivity index (χ4v) is 5.78. The van der Waals surface area contributed by atoms with Gasteiger partial charge in [0, 0.05) is 6.61 Å². The second kappa shape index (κ2) is 4.01. The molecule has 2 bridgehead atoms. The number of hydrogen-bond donors (Lipinski definition) is 1. The van der Waals surface area contributed by atoms with Crippen molar-refractivity contribution in [3.63, 3.8) is 0 Å². The van der Waals surface area contributed by atoms with Crippen LogP contribution in [0.1, 0.15) is 46.0 Å². The highest BCUT2D eigenvalue weighted by molar-refractivity contribution is 5.07. The van der Waals surface area contributed by atoms with Gasteiger partial charge in [-0.05, 0) is 60.7 Å². The zero-order chi connectivity index (χ0) is 11.3. The topological polar surface area (TPSA) is 20.2 Å². The van der Waals surface area contributed by atoms with Crippen molar-refractivity contribution in [1.29, 1.82) is 0 Å².